The summed E-state index contributed by atoms with van der Waals surface area (Å²) in [5.41, 5.74) is 2.63. The summed E-state index contributed by atoms with van der Waals surface area (Å²) in [4.78, 5) is 16.7. The van der Waals surface area contributed by atoms with Crippen LogP contribution in [-0.4, -0.2) is 37.2 Å². The van der Waals surface area contributed by atoms with E-state index in [1.807, 2.05) is 30.0 Å². The van der Waals surface area contributed by atoms with E-state index in [4.69, 9.17) is 4.74 Å². The first-order valence-corrected chi connectivity index (χ1v) is 9.41. The van der Waals surface area contributed by atoms with Crippen LogP contribution in [0.5, 0.6) is 5.88 Å². The standard InChI is InChI=1S/C16H14N4O2S2/c21-16(18-12-2-1-3-13-15(12)20-24-19-13)10-4-6-17-14(8-10)22-11-5-7-23-9-11/h1-4,6,8,11H,5,7,9H2,(H,18,21)/t11-/m1/s1. The number of ether oxygens (including phenoxy) is 1. The molecule has 1 aliphatic heterocycles. The maximum atomic E-state index is 12.5. The van der Waals surface area contributed by atoms with Gasteiger partial charge in [-0.05, 0) is 30.4 Å². The molecule has 3 heterocycles. The van der Waals surface area contributed by atoms with Crippen molar-refractivity contribution in [3.05, 3.63) is 42.1 Å². The fourth-order valence-electron chi connectivity index (χ4n) is 2.49. The average molecular weight is 358 g/mol. The quantitative estimate of drug-likeness (QED) is 0.772. The summed E-state index contributed by atoms with van der Waals surface area (Å²) in [6, 6.07) is 8.88. The summed E-state index contributed by atoms with van der Waals surface area (Å²) in [5, 5.41) is 2.89. The zero-order chi connectivity index (χ0) is 16.4. The molecule has 122 valence electrons. The van der Waals surface area contributed by atoms with Crippen molar-refractivity contribution in [1.82, 2.24) is 13.7 Å². The van der Waals surface area contributed by atoms with Crippen LogP contribution in [0.3, 0.4) is 0 Å². The van der Waals surface area contributed by atoms with Gasteiger partial charge in [-0.25, -0.2) is 4.98 Å². The molecule has 6 nitrogen and oxygen atoms in total. The molecule has 24 heavy (non-hydrogen) atoms. The molecule has 2 aromatic heterocycles. The number of carbonyl (C=O) groups excluding carboxylic acids is 1. The van der Waals surface area contributed by atoms with E-state index in [0.29, 0.717) is 22.6 Å². The van der Waals surface area contributed by atoms with Gasteiger partial charge in [-0.1, -0.05) is 6.07 Å². The van der Waals surface area contributed by atoms with Gasteiger partial charge in [0.2, 0.25) is 5.88 Å². The Morgan fingerprint density at radius 1 is 1.29 bits per heavy atom. The Kier molecular flexibility index (Phi) is 4.31. The molecule has 8 heteroatoms. The summed E-state index contributed by atoms with van der Waals surface area (Å²) in [6.45, 7) is 0. The second-order valence-electron chi connectivity index (χ2n) is 5.38. The lowest BCUT2D eigenvalue weighted by Gasteiger charge is -2.12. The molecule has 1 N–H and O–H groups in total. The van der Waals surface area contributed by atoms with Crippen LogP contribution in [0.1, 0.15) is 16.8 Å². The van der Waals surface area contributed by atoms with Crippen molar-refractivity contribution in [3.8, 4) is 5.88 Å². The lowest BCUT2D eigenvalue weighted by Crippen LogP contribution is -2.17. The van der Waals surface area contributed by atoms with Crippen molar-refractivity contribution in [2.24, 2.45) is 0 Å². The van der Waals surface area contributed by atoms with Gasteiger partial charge in [0, 0.05) is 23.6 Å². The third-order valence-corrected chi connectivity index (χ3v) is 5.38. The Labute approximate surface area is 147 Å². The maximum absolute atomic E-state index is 12.5. The zero-order valence-corrected chi connectivity index (χ0v) is 14.3. The molecular formula is C16H14N4O2S2. The highest BCUT2D eigenvalue weighted by Gasteiger charge is 2.18. The first-order chi connectivity index (χ1) is 11.8. The second kappa shape index (κ2) is 6.74. The van der Waals surface area contributed by atoms with E-state index in [1.165, 1.54) is 0 Å². The molecule has 4 rings (SSSR count). The lowest BCUT2D eigenvalue weighted by atomic mass is 10.2. The van der Waals surface area contributed by atoms with Gasteiger partial charge < -0.3 is 10.1 Å². The third-order valence-electron chi connectivity index (χ3n) is 3.71. The molecule has 0 saturated carbocycles. The average Bonchev–Trinajstić information content (AvgIpc) is 3.27. The van der Waals surface area contributed by atoms with Crippen LogP contribution < -0.4 is 10.1 Å². The number of benzene rings is 1. The minimum absolute atomic E-state index is 0.177. The Hall–Kier alpha value is -2.19. The van der Waals surface area contributed by atoms with E-state index in [9.17, 15) is 4.79 Å². The van der Waals surface area contributed by atoms with Crippen molar-refractivity contribution in [2.45, 2.75) is 12.5 Å². The van der Waals surface area contributed by atoms with Crippen LogP contribution in [-0.2, 0) is 0 Å². The fourth-order valence-corrected chi connectivity index (χ4v) is 4.14. The first kappa shape index (κ1) is 15.3. The van der Waals surface area contributed by atoms with Crippen molar-refractivity contribution in [2.75, 3.05) is 16.8 Å². The molecule has 1 aliphatic rings. The SMILES string of the molecule is O=C(Nc1cccc2nsnc12)c1ccnc(O[C@@H]2CCSC2)c1. The van der Waals surface area contributed by atoms with E-state index >= 15 is 0 Å². The van der Waals surface area contributed by atoms with E-state index in [-0.39, 0.29) is 12.0 Å². The highest BCUT2D eigenvalue weighted by molar-refractivity contribution is 7.99. The van der Waals surface area contributed by atoms with Crippen molar-refractivity contribution in [1.29, 1.82) is 0 Å². The summed E-state index contributed by atoms with van der Waals surface area (Å²) < 4.78 is 14.2. The van der Waals surface area contributed by atoms with Gasteiger partial charge in [-0.3, -0.25) is 4.79 Å². The van der Waals surface area contributed by atoms with Crippen molar-refractivity contribution in [3.63, 3.8) is 0 Å². The number of fused-ring (bicyclic) bond motifs is 1. The molecule has 0 radical (unpaired) electrons. The number of rotatable bonds is 4. The predicted molar refractivity (Wildman–Crippen MR) is 96.0 cm³/mol. The topological polar surface area (TPSA) is 77.0 Å². The molecule has 0 aliphatic carbocycles. The number of anilines is 1. The van der Waals surface area contributed by atoms with Crippen LogP contribution >= 0.6 is 23.5 Å². The Morgan fingerprint density at radius 2 is 2.25 bits per heavy atom. The molecule has 1 amide bonds. The smallest absolute Gasteiger partial charge is 0.255 e. The van der Waals surface area contributed by atoms with Crippen LogP contribution in [0.2, 0.25) is 0 Å². The molecule has 1 atom stereocenters. The van der Waals surface area contributed by atoms with Crippen molar-refractivity contribution < 1.29 is 9.53 Å². The van der Waals surface area contributed by atoms with Gasteiger partial charge in [0.05, 0.1) is 17.4 Å². The molecule has 0 spiro atoms. The van der Waals surface area contributed by atoms with Crippen LogP contribution in [0.15, 0.2) is 36.5 Å². The van der Waals surface area contributed by atoms with Gasteiger partial charge in [-0.15, -0.1) is 0 Å². The van der Waals surface area contributed by atoms with Crippen molar-refractivity contribution >= 4 is 46.1 Å². The maximum Gasteiger partial charge on any atom is 0.255 e. The number of aromatic nitrogens is 3. The van der Waals surface area contributed by atoms with E-state index < -0.39 is 0 Å². The summed E-state index contributed by atoms with van der Waals surface area (Å²) >= 11 is 3.00. The first-order valence-electron chi connectivity index (χ1n) is 7.53. The van der Waals surface area contributed by atoms with Gasteiger partial charge >= 0.3 is 0 Å². The van der Waals surface area contributed by atoms with E-state index in [0.717, 1.165) is 35.2 Å². The second-order valence-corrected chi connectivity index (χ2v) is 7.06. The summed E-state index contributed by atoms with van der Waals surface area (Å²) in [5.74, 6) is 2.35. The minimum atomic E-state index is -0.219. The number of nitrogens with one attached hydrogen (secondary N) is 1. The van der Waals surface area contributed by atoms with Crippen LogP contribution in [0.4, 0.5) is 5.69 Å². The Morgan fingerprint density at radius 3 is 3.12 bits per heavy atom. The number of carbonyl (C=O) groups is 1. The molecule has 1 saturated heterocycles. The molecule has 1 fully saturated rings. The summed E-state index contributed by atoms with van der Waals surface area (Å²) in [7, 11) is 0. The third kappa shape index (κ3) is 3.20. The monoisotopic (exact) mass is 358 g/mol. The lowest BCUT2D eigenvalue weighted by molar-refractivity contribution is 0.102. The number of hydrogen-bond donors (Lipinski definition) is 1. The number of hydrogen-bond acceptors (Lipinski definition) is 7. The highest BCUT2D eigenvalue weighted by Crippen LogP contribution is 2.24. The minimum Gasteiger partial charge on any atom is -0.473 e. The van der Waals surface area contributed by atoms with E-state index in [1.54, 1.807) is 18.3 Å². The molecule has 1 aromatic carbocycles. The van der Waals surface area contributed by atoms with Crippen LogP contribution in [0.25, 0.3) is 11.0 Å². The molecule has 0 bridgehead atoms. The predicted octanol–water partition coefficient (Wildman–Crippen LogP) is 3.22. The Bertz CT molecular complexity index is 877. The molecular weight excluding hydrogens is 344 g/mol. The van der Waals surface area contributed by atoms with Gasteiger partial charge in [0.25, 0.3) is 5.91 Å². The fraction of sp³-hybridized carbons (Fsp3) is 0.250. The normalized spacial score (nSPS) is 17.1. The van der Waals surface area contributed by atoms with Crippen LogP contribution in [0, 0.1) is 0 Å². The largest absolute Gasteiger partial charge is 0.473 e. The van der Waals surface area contributed by atoms with Gasteiger partial charge in [0.1, 0.15) is 17.1 Å². The number of pyridine rings is 1. The number of thioether (sulfide) groups is 1. The highest BCUT2D eigenvalue weighted by atomic mass is 32.2. The summed E-state index contributed by atoms with van der Waals surface area (Å²) in [6.07, 6.45) is 2.79. The zero-order valence-electron chi connectivity index (χ0n) is 12.6. The molecule has 3 aromatic rings. The van der Waals surface area contributed by atoms with Gasteiger partial charge in [-0.2, -0.15) is 20.5 Å². The van der Waals surface area contributed by atoms with E-state index in [2.05, 4.69) is 19.0 Å². The molecule has 0 unspecified atom stereocenters. The Balaban J connectivity index is 1.52. The van der Waals surface area contributed by atoms with Gasteiger partial charge in [0.15, 0.2) is 0 Å². The number of amides is 1. The number of nitrogens with zero attached hydrogens (tertiary/aromatic N) is 3.